The molecule has 1 aromatic heterocycles. The van der Waals surface area contributed by atoms with Crippen molar-refractivity contribution < 1.29 is 0 Å². The summed E-state index contributed by atoms with van der Waals surface area (Å²) in [4.78, 5) is 12.0. The normalized spacial score (nSPS) is 11.2. The quantitative estimate of drug-likeness (QED) is 0.220. The molecule has 0 bridgehead atoms. The van der Waals surface area contributed by atoms with Crippen LogP contribution in [0, 0.1) is 0 Å². The SMILES string of the molecule is CCCCN=C(NN)Nc1cncnc1. The lowest BCUT2D eigenvalue weighted by molar-refractivity contribution is 0.801. The Labute approximate surface area is 89.0 Å². The molecule has 0 unspecified atom stereocenters. The van der Waals surface area contributed by atoms with Crippen LogP contribution in [0.5, 0.6) is 0 Å². The van der Waals surface area contributed by atoms with Gasteiger partial charge in [-0.15, -0.1) is 0 Å². The predicted molar refractivity (Wildman–Crippen MR) is 60.2 cm³/mol. The van der Waals surface area contributed by atoms with Crippen LogP contribution >= 0.6 is 0 Å². The highest BCUT2D eigenvalue weighted by atomic mass is 15.3. The third kappa shape index (κ3) is 4.37. The zero-order chi connectivity index (χ0) is 10.9. The molecule has 4 N–H and O–H groups in total. The first-order valence-corrected chi connectivity index (χ1v) is 4.90. The number of anilines is 1. The van der Waals surface area contributed by atoms with Gasteiger partial charge in [-0.2, -0.15) is 0 Å². The fourth-order valence-electron chi connectivity index (χ4n) is 0.971. The highest BCUT2D eigenvalue weighted by molar-refractivity contribution is 5.92. The molecule has 0 aliphatic rings. The van der Waals surface area contributed by atoms with E-state index in [0.717, 1.165) is 25.1 Å². The molecule has 15 heavy (non-hydrogen) atoms. The standard InChI is InChI=1S/C9H16N6/c1-2-3-4-13-9(15-10)14-8-5-11-7-12-6-8/h5-7H,2-4,10H2,1H3,(H2,13,14,15). The van der Waals surface area contributed by atoms with Crippen molar-refractivity contribution in [2.75, 3.05) is 11.9 Å². The van der Waals surface area contributed by atoms with Crippen LogP contribution in [0.15, 0.2) is 23.7 Å². The number of unbranched alkanes of at least 4 members (excludes halogenated alkanes) is 1. The van der Waals surface area contributed by atoms with Crippen LogP contribution < -0.4 is 16.6 Å². The van der Waals surface area contributed by atoms with Crippen LogP contribution in [0.2, 0.25) is 0 Å². The van der Waals surface area contributed by atoms with Crippen molar-refractivity contribution in [3.63, 3.8) is 0 Å². The van der Waals surface area contributed by atoms with E-state index in [0.29, 0.717) is 5.96 Å². The lowest BCUT2D eigenvalue weighted by Crippen LogP contribution is -2.36. The Morgan fingerprint density at radius 1 is 1.47 bits per heavy atom. The number of aromatic nitrogens is 2. The molecule has 0 amide bonds. The van der Waals surface area contributed by atoms with Crippen molar-refractivity contribution in [3.05, 3.63) is 18.7 Å². The average molecular weight is 208 g/mol. The summed E-state index contributed by atoms with van der Waals surface area (Å²) in [6, 6.07) is 0. The van der Waals surface area contributed by atoms with Gasteiger partial charge < -0.3 is 5.32 Å². The number of guanidine groups is 1. The van der Waals surface area contributed by atoms with E-state index in [2.05, 4.69) is 32.6 Å². The van der Waals surface area contributed by atoms with Crippen molar-refractivity contribution >= 4 is 11.6 Å². The molecule has 0 atom stereocenters. The molecule has 1 aromatic rings. The van der Waals surface area contributed by atoms with Gasteiger partial charge in [-0.25, -0.2) is 15.8 Å². The highest BCUT2D eigenvalue weighted by Crippen LogP contribution is 1.99. The smallest absolute Gasteiger partial charge is 0.210 e. The molecular weight excluding hydrogens is 192 g/mol. The minimum atomic E-state index is 0.526. The Kier molecular flexibility index (Phi) is 5.10. The highest BCUT2D eigenvalue weighted by Gasteiger charge is 1.96. The molecule has 0 fully saturated rings. The summed E-state index contributed by atoms with van der Waals surface area (Å²) in [7, 11) is 0. The van der Waals surface area contributed by atoms with Gasteiger partial charge in [-0.3, -0.25) is 10.4 Å². The third-order valence-corrected chi connectivity index (χ3v) is 1.74. The molecule has 1 heterocycles. The van der Waals surface area contributed by atoms with Gasteiger partial charge in [0.2, 0.25) is 5.96 Å². The average Bonchev–Trinajstić information content (AvgIpc) is 2.29. The van der Waals surface area contributed by atoms with E-state index >= 15 is 0 Å². The first-order valence-electron chi connectivity index (χ1n) is 4.90. The predicted octanol–water partition coefficient (Wildman–Crippen LogP) is 0.508. The molecule has 1 rings (SSSR count). The lowest BCUT2D eigenvalue weighted by Gasteiger charge is -2.07. The van der Waals surface area contributed by atoms with Crippen LogP contribution in [0.25, 0.3) is 0 Å². The topological polar surface area (TPSA) is 88.2 Å². The van der Waals surface area contributed by atoms with Gasteiger partial charge in [0.05, 0.1) is 18.1 Å². The minimum absolute atomic E-state index is 0.526. The Bertz CT molecular complexity index is 297. The van der Waals surface area contributed by atoms with Crippen molar-refractivity contribution in [2.24, 2.45) is 10.8 Å². The van der Waals surface area contributed by atoms with Crippen molar-refractivity contribution in [2.45, 2.75) is 19.8 Å². The summed E-state index contributed by atoms with van der Waals surface area (Å²) >= 11 is 0. The van der Waals surface area contributed by atoms with E-state index in [-0.39, 0.29) is 0 Å². The Hall–Kier alpha value is -1.69. The molecule has 0 saturated heterocycles. The maximum Gasteiger partial charge on any atom is 0.210 e. The Balaban J connectivity index is 2.50. The van der Waals surface area contributed by atoms with E-state index < -0.39 is 0 Å². The Morgan fingerprint density at radius 2 is 2.20 bits per heavy atom. The minimum Gasteiger partial charge on any atom is -0.323 e. The number of hydrazine groups is 1. The molecule has 0 aromatic carbocycles. The molecule has 6 nitrogen and oxygen atoms in total. The molecule has 0 saturated carbocycles. The number of nitrogens with two attached hydrogens (primary N) is 1. The number of hydrogen-bond donors (Lipinski definition) is 3. The van der Waals surface area contributed by atoms with Gasteiger partial charge in [0.15, 0.2) is 0 Å². The summed E-state index contributed by atoms with van der Waals surface area (Å²) in [6.45, 7) is 2.86. The van der Waals surface area contributed by atoms with E-state index in [1.165, 1.54) is 6.33 Å². The summed E-state index contributed by atoms with van der Waals surface area (Å²) in [5.41, 5.74) is 3.25. The van der Waals surface area contributed by atoms with Crippen molar-refractivity contribution in [1.29, 1.82) is 0 Å². The summed E-state index contributed by atoms with van der Waals surface area (Å²) in [6.07, 6.45) is 6.92. The van der Waals surface area contributed by atoms with Gasteiger partial charge in [0.25, 0.3) is 0 Å². The Morgan fingerprint density at radius 3 is 2.80 bits per heavy atom. The van der Waals surface area contributed by atoms with Gasteiger partial charge in [-0.05, 0) is 6.42 Å². The maximum absolute atomic E-state index is 5.32. The molecule has 6 heteroatoms. The number of rotatable bonds is 4. The van der Waals surface area contributed by atoms with Gasteiger partial charge in [0, 0.05) is 6.54 Å². The molecule has 0 aliphatic heterocycles. The van der Waals surface area contributed by atoms with Crippen LogP contribution in [0.1, 0.15) is 19.8 Å². The van der Waals surface area contributed by atoms with E-state index in [4.69, 9.17) is 5.84 Å². The second-order valence-electron chi connectivity index (χ2n) is 2.98. The summed E-state index contributed by atoms with van der Waals surface area (Å²) in [5, 5.41) is 2.98. The van der Waals surface area contributed by atoms with Gasteiger partial charge in [-0.1, -0.05) is 13.3 Å². The van der Waals surface area contributed by atoms with Gasteiger partial charge >= 0.3 is 0 Å². The summed E-state index contributed by atoms with van der Waals surface area (Å²) in [5.74, 6) is 5.84. The fourth-order valence-corrected chi connectivity index (χ4v) is 0.971. The molecule has 0 aliphatic carbocycles. The van der Waals surface area contributed by atoms with Crippen LogP contribution in [0.3, 0.4) is 0 Å². The summed E-state index contributed by atoms with van der Waals surface area (Å²) < 4.78 is 0. The van der Waals surface area contributed by atoms with E-state index in [1.54, 1.807) is 12.4 Å². The largest absolute Gasteiger partial charge is 0.323 e. The zero-order valence-electron chi connectivity index (χ0n) is 8.77. The maximum atomic E-state index is 5.32. The molecule has 82 valence electrons. The molecule has 0 spiro atoms. The monoisotopic (exact) mass is 208 g/mol. The van der Waals surface area contributed by atoms with Gasteiger partial charge in [0.1, 0.15) is 6.33 Å². The number of nitrogens with zero attached hydrogens (tertiary/aromatic N) is 3. The number of aliphatic imine (C=N–C) groups is 1. The molecule has 0 radical (unpaired) electrons. The van der Waals surface area contributed by atoms with Crippen molar-refractivity contribution in [1.82, 2.24) is 15.4 Å². The lowest BCUT2D eigenvalue weighted by atomic mass is 10.3. The second kappa shape index (κ2) is 6.72. The number of nitrogens with one attached hydrogen (secondary N) is 2. The number of hydrogen-bond acceptors (Lipinski definition) is 4. The van der Waals surface area contributed by atoms with Crippen LogP contribution in [-0.2, 0) is 0 Å². The van der Waals surface area contributed by atoms with Crippen LogP contribution in [0.4, 0.5) is 5.69 Å². The first-order chi connectivity index (χ1) is 7.36. The van der Waals surface area contributed by atoms with E-state index in [9.17, 15) is 0 Å². The first kappa shape index (κ1) is 11.4. The third-order valence-electron chi connectivity index (χ3n) is 1.74. The van der Waals surface area contributed by atoms with E-state index in [1.807, 2.05) is 0 Å². The second-order valence-corrected chi connectivity index (χ2v) is 2.98. The molecular formula is C9H16N6. The van der Waals surface area contributed by atoms with Crippen molar-refractivity contribution in [3.8, 4) is 0 Å². The zero-order valence-corrected chi connectivity index (χ0v) is 8.77. The van der Waals surface area contributed by atoms with Crippen LogP contribution in [-0.4, -0.2) is 22.5 Å². The fraction of sp³-hybridized carbons (Fsp3) is 0.444.